The number of pyridine rings is 1. The summed E-state index contributed by atoms with van der Waals surface area (Å²) in [6, 6.07) is 11.1. The number of nitrogens with zero attached hydrogens (tertiary/aromatic N) is 6. The highest BCUT2D eigenvalue weighted by Gasteiger charge is 2.20. The smallest absolute Gasteiger partial charge is 0.320 e. The minimum Gasteiger partial charge on any atom is -0.385 e. The second-order valence-electron chi connectivity index (χ2n) is 7.78. The van der Waals surface area contributed by atoms with Crippen molar-refractivity contribution < 1.29 is 9.53 Å². The molecule has 10 nitrogen and oxygen atoms in total. The molecule has 5 rings (SSSR count). The van der Waals surface area contributed by atoms with E-state index in [4.69, 9.17) is 9.72 Å². The van der Waals surface area contributed by atoms with E-state index >= 15 is 0 Å². The van der Waals surface area contributed by atoms with Crippen molar-refractivity contribution in [1.29, 1.82) is 0 Å². The number of anilines is 1. The monoisotopic (exact) mass is 432 g/mol. The lowest BCUT2D eigenvalue weighted by atomic mass is 10.0. The number of methoxy groups -OCH3 is 1. The average Bonchev–Trinajstić information content (AvgIpc) is 3.40. The summed E-state index contributed by atoms with van der Waals surface area (Å²) >= 11 is 0. The Labute approximate surface area is 184 Å². The number of fused-ring (bicyclic) bond motifs is 6. The van der Waals surface area contributed by atoms with Crippen LogP contribution in [0.5, 0.6) is 0 Å². The number of aromatic nitrogens is 6. The van der Waals surface area contributed by atoms with E-state index in [1.165, 1.54) is 0 Å². The summed E-state index contributed by atoms with van der Waals surface area (Å²) in [5.41, 5.74) is 3.48. The Balaban J connectivity index is 1.53. The number of hydrogen-bond donors (Lipinski definition) is 2. The number of rotatable bonds is 5. The van der Waals surface area contributed by atoms with Crippen LogP contribution in [0.4, 0.5) is 10.6 Å². The van der Waals surface area contributed by atoms with Crippen LogP contribution in [0.25, 0.3) is 10.9 Å². The van der Waals surface area contributed by atoms with Crippen molar-refractivity contribution in [3.05, 3.63) is 65.7 Å². The Morgan fingerprint density at radius 3 is 2.97 bits per heavy atom. The van der Waals surface area contributed by atoms with Crippen LogP contribution in [-0.4, -0.2) is 49.5 Å². The molecule has 32 heavy (non-hydrogen) atoms. The largest absolute Gasteiger partial charge is 0.385 e. The molecule has 0 fully saturated rings. The number of nitrogens with one attached hydrogen (secondary N) is 2. The summed E-state index contributed by atoms with van der Waals surface area (Å²) in [6.07, 6.45) is 5.07. The summed E-state index contributed by atoms with van der Waals surface area (Å²) in [6.45, 7) is 1.78. The molecule has 1 unspecified atom stereocenters. The third-order valence-electron chi connectivity index (χ3n) is 5.47. The van der Waals surface area contributed by atoms with Gasteiger partial charge >= 0.3 is 6.03 Å². The van der Waals surface area contributed by atoms with Crippen LogP contribution in [-0.2, 0) is 24.2 Å². The molecule has 1 aliphatic heterocycles. The fourth-order valence-electron chi connectivity index (χ4n) is 4.02. The Morgan fingerprint density at radius 2 is 2.12 bits per heavy atom. The van der Waals surface area contributed by atoms with Gasteiger partial charge in [-0.3, -0.25) is 10.00 Å². The number of benzene rings is 1. The summed E-state index contributed by atoms with van der Waals surface area (Å²) < 4.78 is 8.87. The predicted octanol–water partition coefficient (Wildman–Crippen LogP) is 2.53. The van der Waals surface area contributed by atoms with Crippen LogP contribution >= 0.6 is 0 Å². The highest BCUT2D eigenvalue weighted by molar-refractivity contribution is 5.92. The number of ether oxygens (including phenoxy) is 1. The van der Waals surface area contributed by atoms with Gasteiger partial charge in [-0.05, 0) is 18.1 Å². The summed E-state index contributed by atoms with van der Waals surface area (Å²) in [5, 5.41) is 20.0. The third kappa shape index (κ3) is 4.17. The number of carbonyl (C=O) groups excluding carboxylic acids is 1. The molecule has 4 aromatic rings. The molecular weight excluding hydrogens is 408 g/mol. The Hall–Kier alpha value is -3.79. The van der Waals surface area contributed by atoms with Gasteiger partial charge in [0.1, 0.15) is 5.82 Å². The normalized spacial score (nSPS) is 16.2. The van der Waals surface area contributed by atoms with E-state index in [0.29, 0.717) is 31.9 Å². The molecule has 0 saturated heterocycles. The van der Waals surface area contributed by atoms with Crippen molar-refractivity contribution in [2.24, 2.45) is 0 Å². The van der Waals surface area contributed by atoms with Gasteiger partial charge in [0.05, 0.1) is 35.7 Å². The Kier molecular flexibility index (Phi) is 5.51. The zero-order chi connectivity index (χ0) is 21.9. The highest BCUT2D eigenvalue weighted by atomic mass is 16.5. The lowest BCUT2D eigenvalue weighted by Crippen LogP contribution is -2.34. The Morgan fingerprint density at radius 1 is 1.25 bits per heavy atom. The molecule has 1 aliphatic rings. The van der Waals surface area contributed by atoms with Crippen LogP contribution in [0.3, 0.4) is 0 Å². The molecule has 10 heteroatoms. The molecular formula is C22H24N8O2. The van der Waals surface area contributed by atoms with Crippen LogP contribution in [0.1, 0.15) is 29.4 Å². The predicted molar refractivity (Wildman–Crippen MR) is 118 cm³/mol. The molecule has 0 saturated carbocycles. The maximum Gasteiger partial charge on any atom is 0.320 e. The van der Waals surface area contributed by atoms with Gasteiger partial charge in [0, 0.05) is 38.3 Å². The van der Waals surface area contributed by atoms with Crippen LogP contribution in [0.2, 0.25) is 0 Å². The molecule has 4 bridgehead atoms. The van der Waals surface area contributed by atoms with Gasteiger partial charge in [-0.1, -0.05) is 35.5 Å². The van der Waals surface area contributed by atoms with E-state index < -0.39 is 0 Å². The summed E-state index contributed by atoms with van der Waals surface area (Å²) in [4.78, 5) is 17.6. The van der Waals surface area contributed by atoms with Crippen molar-refractivity contribution in [3.8, 4) is 0 Å². The molecule has 1 aromatic carbocycles. The van der Waals surface area contributed by atoms with Gasteiger partial charge in [-0.2, -0.15) is 5.10 Å². The second-order valence-corrected chi connectivity index (χ2v) is 7.78. The zero-order valence-corrected chi connectivity index (χ0v) is 17.7. The first-order valence-electron chi connectivity index (χ1n) is 10.6. The Bertz CT molecular complexity index is 1230. The average molecular weight is 432 g/mol. The van der Waals surface area contributed by atoms with Gasteiger partial charge in [0.15, 0.2) is 0 Å². The van der Waals surface area contributed by atoms with Crippen molar-refractivity contribution in [2.75, 3.05) is 19.0 Å². The molecule has 164 valence electrons. The van der Waals surface area contributed by atoms with Gasteiger partial charge in [0.25, 0.3) is 0 Å². The summed E-state index contributed by atoms with van der Waals surface area (Å²) in [7, 11) is 1.69. The fourth-order valence-corrected chi connectivity index (χ4v) is 4.02. The molecule has 0 radical (unpaired) electrons. The molecule has 4 heterocycles. The van der Waals surface area contributed by atoms with Gasteiger partial charge in [-0.15, -0.1) is 5.10 Å². The first-order valence-corrected chi connectivity index (χ1v) is 10.6. The number of amides is 2. The SMILES string of the molecule is COCCCn1ncc2cc3nc(c21)Cn1cc(nn1)CC(c1ccccc1)NC(=O)N3. The number of aryl methyl sites for hydroxylation is 1. The lowest BCUT2D eigenvalue weighted by Gasteiger charge is -2.19. The third-order valence-corrected chi connectivity index (χ3v) is 5.47. The maximum absolute atomic E-state index is 12.8. The molecule has 2 amide bonds. The van der Waals surface area contributed by atoms with E-state index in [0.717, 1.165) is 34.3 Å². The van der Waals surface area contributed by atoms with E-state index in [9.17, 15) is 4.79 Å². The van der Waals surface area contributed by atoms with Gasteiger partial charge in [-0.25, -0.2) is 14.5 Å². The molecule has 0 spiro atoms. The second kappa shape index (κ2) is 8.75. The van der Waals surface area contributed by atoms with E-state index in [2.05, 4.69) is 26.0 Å². The van der Waals surface area contributed by atoms with Crippen LogP contribution in [0.15, 0.2) is 48.8 Å². The van der Waals surface area contributed by atoms with Crippen LogP contribution < -0.4 is 10.6 Å². The highest BCUT2D eigenvalue weighted by Crippen LogP contribution is 2.24. The first-order chi connectivity index (χ1) is 15.7. The number of carbonyl (C=O) groups is 1. The van der Waals surface area contributed by atoms with Crippen molar-refractivity contribution >= 4 is 22.8 Å². The lowest BCUT2D eigenvalue weighted by molar-refractivity contribution is 0.189. The minimum absolute atomic E-state index is 0.243. The quantitative estimate of drug-likeness (QED) is 0.469. The summed E-state index contributed by atoms with van der Waals surface area (Å²) in [5.74, 6) is 0.467. The molecule has 3 aromatic heterocycles. The van der Waals surface area contributed by atoms with Gasteiger partial charge < -0.3 is 10.1 Å². The number of hydrogen-bond acceptors (Lipinski definition) is 6. The van der Waals surface area contributed by atoms with Gasteiger partial charge in [0.2, 0.25) is 0 Å². The maximum atomic E-state index is 12.8. The van der Waals surface area contributed by atoms with Crippen molar-refractivity contribution in [3.63, 3.8) is 0 Å². The van der Waals surface area contributed by atoms with E-state index in [-0.39, 0.29) is 12.1 Å². The van der Waals surface area contributed by atoms with Crippen LogP contribution in [0, 0.1) is 0 Å². The topological polar surface area (TPSA) is 112 Å². The fraction of sp³-hybridized carbons (Fsp3) is 0.318. The van der Waals surface area contributed by atoms with Crippen molar-refractivity contribution in [2.45, 2.75) is 32.0 Å². The van der Waals surface area contributed by atoms with E-state index in [1.807, 2.05) is 47.3 Å². The first kappa shape index (κ1) is 20.1. The molecule has 0 aliphatic carbocycles. The zero-order valence-electron chi connectivity index (χ0n) is 17.7. The molecule has 1 atom stereocenters. The van der Waals surface area contributed by atoms with E-state index in [1.54, 1.807) is 18.0 Å². The van der Waals surface area contributed by atoms with Crippen molar-refractivity contribution in [1.82, 2.24) is 35.1 Å². The number of urea groups is 1. The molecule has 2 N–H and O–H groups in total. The standard InChI is InChI=1S/C22H24N8O2/c1-32-9-5-8-30-21-16(12-23-30)10-20-24-19(21)14-29-13-17(27-28-29)11-18(25-22(31)26-20)15-6-3-2-4-7-15/h2-4,6-7,10,12-13,18H,5,8-9,11,14H2,1H3,(H2,24,25,26,31). The minimum atomic E-state index is -0.322.